The number of hydrogen-bond acceptors (Lipinski definition) is 11. The van der Waals surface area contributed by atoms with Gasteiger partial charge in [-0.05, 0) is 89.8 Å². The lowest BCUT2D eigenvalue weighted by Crippen LogP contribution is -2.59. The van der Waals surface area contributed by atoms with Crippen molar-refractivity contribution in [1.82, 2.24) is 35.3 Å². The number of hydrazine groups is 1. The minimum Gasteiger partial charge on any atom is -0.471 e. The average Bonchev–Trinajstić information content (AvgIpc) is 3.97. The van der Waals surface area contributed by atoms with Gasteiger partial charge < -0.3 is 19.7 Å². The number of nitrogens with one attached hydrogen (secondary N) is 3. The minimum absolute atomic E-state index is 0.0119. The number of thiophene rings is 1. The zero-order valence-electron chi connectivity index (χ0n) is 30.9. The molecule has 2 aliphatic heterocycles. The van der Waals surface area contributed by atoms with Crippen molar-refractivity contribution in [3.8, 4) is 16.5 Å². The summed E-state index contributed by atoms with van der Waals surface area (Å²) in [7, 11) is -3.90. The van der Waals surface area contributed by atoms with Gasteiger partial charge in [0.1, 0.15) is 29.0 Å². The standard InChI is InChI=1S/C37H47N7O8S2/c1-6-13-27-26(7-2)39-32(30(38-27)29-15-12-19-53-29)51-24-20-28-31(45)40-37(33(46)42-54(49,50)25-16-17-25)21-23(37)14-10-8-9-11-18-44(35(48)43(28)22-24)41-34(47)52-36(3,4)5/h6-7,10,12-15,19,23-25,28H,2,8-9,11,16-18,20-22H2,1,3-5H3,(H,40,45)(H,41,47)(H,42,46)/b13-6-,14-10-/t23-,24-,28+,37+/m1/s1. The van der Waals surface area contributed by atoms with Crippen LogP contribution in [0.3, 0.4) is 0 Å². The number of aromatic nitrogens is 2. The average molecular weight is 782 g/mol. The number of urea groups is 1. The third-order valence-corrected chi connectivity index (χ3v) is 12.2. The maximum Gasteiger partial charge on any atom is 0.426 e. The van der Waals surface area contributed by atoms with Gasteiger partial charge in [-0.2, -0.15) is 0 Å². The van der Waals surface area contributed by atoms with E-state index in [0.717, 1.165) is 9.89 Å². The van der Waals surface area contributed by atoms with Gasteiger partial charge in [-0.15, -0.1) is 11.3 Å². The van der Waals surface area contributed by atoms with E-state index < -0.39 is 68.4 Å². The van der Waals surface area contributed by atoms with E-state index >= 15 is 0 Å². The van der Waals surface area contributed by atoms with Gasteiger partial charge >= 0.3 is 12.1 Å². The smallest absolute Gasteiger partial charge is 0.426 e. The molecule has 3 N–H and O–H groups in total. The highest BCUT2D eigenvalue weighted by Crippen LogP contribution is 2.46. The maximum absolute atomic E-state index is 14.4. The molecule has 4 heterocycles. The Bertz CT molecular complexity index is 1960. The number of fused-ring (bicyclic) bond motifs is 2. The molecular weight excluding hydrogens is 735 g/mol. The SMILES string of the molecule is C=Cc1nc(O[C@@H]2C[C@H]3C(=O)N[C@@]4(C(=O)NS(=O)(=O)C5CC5)C[C@H]4/C=C\CCCCN(NC(=O)OC(C)(C)C)C(=O)N3C2)c(-c2cccs2)nc1/C=C\C. The third-order valence-electron chi connectivity index (χ3n) is 9.47. The summed E-state index contributed by atoms with van der Waals surface area (Å²) in [5.74, 6) is -1.74. The molecule has 290 valence electrons. The summed E-state index contributed by atoms with van der Waals surface area (Å²) in [6, 6.07) is 1.91. The molecule has 17 heteroatoms. The van der Waals surface area contributed by atoms with Gasteiger partial charge in [0.05, 0.1) is 28.1 Å². The van der Waals surface area contributed by atoms with Crippen molar-refractivity contribution >= 4 is 57.5 Å². The van der Waals surface area contributed by atoms with Crippen LogP contribution in [0.25, 0.3) is 22.7 Å². The second kappa shape index (κ2) is 15.5. The largest absolute Gasteiger partial charge is 0.471 e. The summed E-state index contributed by atoms with van der Waals surface area (Å²) in [5, 5.41) is 5.24. The Labute approximate surface area is 319 Å². The Balaban J connectivity index is 1.34. The van der Waals surface area contributed by atoms with Crippen LogP contribution in [0.5, 0.6) is 5.88 Å². The lowest BCUT2D eigenvalue weighted by molar-refractivity contribution is -0.131. The second-order valence-corrected chi connectivity index (χ2v) is 17.8. The zero-order valence-corrected chi connectivity index (χ0v) is 32.5. The molecule has 0 spiro atoms. The predicted octanol–water partition coefficient (Wildman–Crippen LogP) is 4.79. The fraction of sp³-hybridized carbons (Fsp3) is 0.514. The van der Waals surface area contributed by atoms with Crippen molar-refractivity contribution < 1.29 is 37.1 Å². The third kappa shape index (κ3) is 8.78. The van der Waals surface area contributed by atoms with Gasteiger partial charge in [-0.1, -0.05) is 30.9 Å². The zero-order chi connectivity index (χ0) is 38.8. The van der Waals surface area contributed by atoms with Crippen LogP contribution < -0.4 is 20.2 Å². The maximum atomic E-state index is 14.4. The van der Waals surface area contributed by atoms with Gasteiger partial charge in [-0.3, -0.25) is 14.3 Å². The number of amides is 5. The van der Waals surface area contributed by atoms with E-state index in [2.05, 4.69) is 22.0 Å². The Morgan fingerprint density at radius 1 is 1.17 bits per heavy atom. The molecular formula is C37H47N7O8S2. The first-order valence-corrected chi connectivity index (χ1v) is 20.6. The molecule has 0 aromatic carbocycles. The van der Waals surface area contributed by atoms with Gasteiger partial charge in [-0.25, -0.2) is 38.4 Å². The summed E-state index contributed by atoms with van der Waals surface area (Å²) in [6.07, 6.45) is 10.1. The van der Waals surface area contributed by atoms with Crippen LogP contribution >= 0.6 is 11.3 Å². The fourth-order valence-corrected chi connectivity index (χ4v) is 8.63. The van der Waals surface area contributed by atoms with Crippen LogP contribution in [-0.4, -0.2) is 93.9 Å². The van der Waals surface area contributed by atoms with Crippen LogP contribution in [0.2, 0.25) is 0 Å². The van der Waals surface area contributed by atoms with Crippen molar-refractivity contribution in [3.63, 3.8) is 0 Å². The first kappa shape index (κ1) is 38.9. The number of allylic oxidation sites excluding steroid dienone is 2. The molecule has 4 aliphatic rings. The first-order chi connectivity index (χ1) is 25.6. The molecule has 15 nitrogen and oxygen atoms in total. The number of hydrogen-bond donors (Lipinski definition) is 3. The molecule has 2 aromatic heterocycles. The Morgan fingerprint density at radius 3 is 2.61 bits per heavy atom. The minimum atomic E-state index is -3.90. The summed E-state index contributed by atoms with van der Waals surface area (Å²) in [5.41, 5.74) is 1.73. The number of carbonyl (C=O) groups excluding carboxylic acids is 4. The van der Waals surface area contributed by atoms with Crippen LogP contribution in [0.15, 0.2) is 42.3 Å². The first-order valence-electron chi connectivity index (χ1n) is 18.1. The van der Waals surface area contributed by atoms with Crippen molar-refractivity contribution in [1.29, 1.82) is 0 Å². The molecule has 3 fully saturated rings. The number of ether oxygens (including phenoxy) is 2. The Kier molecular flexibility index (Phi) is 11.2. The van der Waals surface area contributed by atoms with Crippen LogP contribution in [0.4, 0.5) is 9.59 Å². The summed E-state index contributed by atoms with van der Waals surface area (Å²) in [4.78, 5) is 67.1. The highest BCUT2D eigenvalue weighted by Gasteiger charge is 2.62. The normalized spacial score (nSPS) is 25.5. The van der Waals surface area contributed by atoms with E-state index in [4.69, 9.17) is 19.4 Å². The highest BCUT2D eigenvalue weighted by atomic mass is 32.2. The molecule has 54 heavy (non-hydrogen) atoms. The van der Waals surface area contributed by atoms with E-state index in [1.54, 1.807) is 26.8 Å². The molecule has 2 aliphatic carbocycles. The van der Waals surface area contributed by atoms with E-state index in [1.165, 1.54) is 16.2 Å². The number of sulfonamides is 1. The molecule has 0 bridgehead atoms. The summed E-state index contributed by atoms with van der Waals surface area (Å²) >= 11 is 1.45. The second-order valence-electron chi connectivity index (χ2n) is 14.9. The molecule has 5 amide bonds. The molecule has 2 aromatic rings. The number of carbonyl (C=O) groups is 4. The Morgan fingerprint density at radius 2 is 1.94 bits per heavy atom. The van der Waals surface area contributed by atoms with E-state index in [1.807, 2.05) is 48.7 Å². The lowest BCUT2D eigenvalue weighted by atomic mass is 10.1. The van der Waals surface area contributed by atoms with E-state index in [0.29, 0.717) is 49.2 Å². The van der Waals surface area contributed by atoms with Crippen molar-refractivity contribution in [2.24, 2.45) is 5.92 Å². The topological polar surface area (TPSA) is 189 Å². The van der Waals surface area contributed by atoms with Crippen LogP contribution in [0.1, 0.15) is 84.0 Å². The van der Waals surface area contributed by atoms with Crippen molar-refractivity contribution in [2.75, 3.05) is 13.1 Å². The summed E-state index contributed by atoms with van der Waals surface area (Å²) < 4.78 is 39.8. The Hall–Kier alpha value is -4.77. The van der Waals surface area contributed by atoms with Crippen molar-refractivity contribution in [2.45, 2.75) is 101 Å². The molecule has 0 radical (unpaired) electrons. The number of rotatable bonds is 9. The molecule has 4 atom stereocenters. The molecule has 0 unspecified atom stereocenters. The number of nitrogens with zero attached hydrogens (tertiary/aromatic N) is 4. The van der Waals surface area contributed by atoms with E-state index in [-0.39, 0.29) is 31.8 Å². The highest BCUT2D eigenvalue weighted by molar-refractivity contribution is 7.91. The lowest BCUT2D eigenvalue weighted by Gasteiger charge is -2.32. The van der Waals surface area contributed by atoms with Gasteiger partial charge in [0, 0.05) is 18.9 Å². The monoisotopic (exact) mass is 781 g/mol. The van der Waals surface area contributed by atoms with Crippen LogP contribution in [0, 0.1) is 5.92 Å². The quantitative estimate of drug-likeness (QED) is 0.299. The predicted molar refractivity (Wildman–Crippen MR) is 203 cm³/mol. The van der Waals surface area contributed by atoms with E-state index in [9.17, 15) is 27.6 Å². The molecule has 6 rings (SSSR count). The fourth-order valence-electron chi connectivity index (χ4n) is 6.56. The van der Waals surface area contributed by atoms with Crippen molar-refractivity contribution in [3.05, 3.63) is 53.7 Å². The molecule has 1 saturated heterocycles. The molecule has 2 saturated carbocycles. The summed E-state index contributed by atoms with van der Waals surface area (Å²) in [6.45, 7) is 10.9. The van der Waals surface area contributed by atoms with Gasteiger partial charge in [0.25, 0.3) is 5.91 Å². The van der Waals surface area contributed by atoms with Gasteiger partial charge in [0.15, 0.2) is 0 Å². The van der Waals surface area contributed by atoms with Crippen LogP contribution in [-0.2, 0) is 24.3 Å². The van der Waals surface area contributed by atoms with Gasteiger partial charge in [0.2, 0.25) is 21.8 Å².